The average Bonchev–Trinajstić information content (AvgIpc) is 3.16. The van der Waals surface area contributed by atoms with Crippen LogP contribution in [0, 0.1) is 5.92 Å². The van der Waals surface area contributed by atoms with E-state index < -0.39 is 35.5 Å². The van der Waals surface area contributed by atoms with Gasteiger partial charge in [0.2, 0.25) is 5.91 Å². The minimum atomic E-state index is -1.16. The molecule has 0 heterocycles. The Balaban J connectivity index is 1.43. The largest absolute Gasteiger partial charge is 0.480 e. The van der Waals surface area contributed by atoms with Gasteiger partial charge in [-0.1, -0.05) is 61.4 Å². The van der Waals surface area contributed by atoms with Gasteiger partial charge in [0.15, 0.2) is 6.04 Å². The maximum absolute atomic E-state index is 13.0. The van der Waals surface area contributed by atoms with Crippen LogP contribution in [0.1, 0.15) is 49.7 Å². The molecule has 4 rings (SSSR count). The number of carboxylic acid groups (broad SMARTS) is 1. The van der Waals surface area contributed by atoms with Gasteiger partial charge >= 0.3 is 12.1 Å². The Labute approximate surface area is 205 Å². The lowest BCUT2D eigenvalue weighted by Crippen LogP contribution is -2.59. The molecule has 2 aromatic rings. The third-order valence-electron chi connectivity index (χ3n) is 7.20. The molecule has 8 nitrogen and oxygen atoms in total. The summed E-state index contributed by atoms with van der Waals surface area (Å²) in [6.07, 6.45) is 2.23. The van der Waals surface area contributed by atoms with E-state index in [0.717, 1.165) is 35.1 Å². The van der Waals surface area contributed by atoms with E-state index in [1.165, 1.54) is 7.11 Å². The number of aliphatic carboxylic acids is 1. The number of alkyl carbamates (subject to hydrolysis) is 1. The molecule has 2 amide bonds. The standard InChI is InChI=1S/C27H32N2O6/c1-27(14-8-7-13-22(27)24(30)28-23(16-34-2)25(31)32)29-26(33)35-15-21-19-11-5-3-9-17(19)18-10-4-6-12-20(18)21/h3-6,9-12,21-23H,7-8,13-16H2,1-2H3,(H,28,30)(H,29,33)(H,31,32)/t22?,23-,27?/m0/s1. The molecule has 2 unspecified atom stereocenters. The van der Waals surface area contributed by atoms with Crippen molar-refractivity contribution in [3.63, 3.8) is 0 Å². The van der Waals surface area contributed by atoms with Crippen LogP contribution in [0.3, 0.4) is 0 Å². The predicted octanol–water partition coefficient (Wildman–Crippen LogP) is 3.69. The monoisotopic (exact) mass is 480 g/mol. The topological polar surface area (TPSA) is 114 Å². The number of ether oxygens (including phenoxy) is 2. The van der Waals surface area contributed by atoms with Crippen molar-refractivity contribution < 1.29 is 29.0 Å². The van der Waals surface area contributed by atoms with Gasteiger partial charge in [-0.25, -0.2) is 9.59 Å². The van der Waals surface area contributed by atoms with Crippen molar-refractivity contribution in [1.82, 2.24) is 10.6 Å². The lowest BCUT2D eigenvalue weighted by atomic mass is 9.73. The molecular weight excluding hydrogens is 448 g/mol. The van der Waals surface area contributed by atoms with Crippen molar-refractivity contribution in [1.29, 1.82) is 0 Å². The van der Waals surface area contributed by atoms with E-state index in [0.29, 0.717) is 12.8 Å². The third-order valence-corrected chi connectivity index (χ3v) is 7.20. The number of carbonyl (C=O) groups excluding carboxylic acids is 2. The highest BCUT2D eigenvalue weighted by Crippen LogP contribution is 2.44. The van der Waals surface area contributed by atoms with E-state index in [-0.39, 0.29) is 19.1 Å². The second kappa shape index (κ2) is 10.5. The van der Waals surface area contributed by atoms with Crippen molar-refractivity contribution in [2.24, 2.45) is 5.92 Å². The first-order valence-electron chi connectivity index (χ1n) is 12.0. The highest BCUT2D eigenvalue weighted by molar-refractivity contribution is 5.86. The lowest BCUT2D eigenvalue weighted by Gasteiger charge is -2.41. The Bertz CT molecular complexity index is 1060. The molecule has 3 N–H and O–H groups in total. The Morgan fingerprint density at radius 2 is 1.69 bits per heavy atom. The van der Waals surface area contributed by atoms with Crippen LogP contribution in [0.25, 0.3) is 11.1 Å². The molecule has 0 spiro atoms. The fourth-order valence-corrected chi connectivity index (χ4v) is 5.38. The normalized spacial score (nSPS) is 21.9. The van der Waals surface area contributed by atoms with Gasteiger partial charge in [-0.05, 0) is 42.0 Å². The van der Waals surface area contributed by atoms with Gasteiger partial charge < -0.3 is 25.2 Å². The second-order valence-corrected chi connectivity index (χ2v) is 9.52. The van der Waals surface area contributed by atoms with Crippen molar-refractivity contribution in [3.8, 4) is 11.1 Å². The lowest BCUT2D eigenvalue weighted by molar-refractivity contribution is -0.144. The minimum Gasteiger partial charge on any atom is -0.480 e. The van der Waals surface area contributed by atoms with Gasteiger partial charge in [0.05, 0.1) is 18.1 Å². The zero-order valence-electron chi connectivity index (χ0n) is 20.1. The number of fused-ring (bicyclic) bond motifs is 3. The Hall–Kier alpha value is -3.39. The van der Waals surface area contributed by atoms with Crippen LogP contribution in [0.5, 0.6) is 0 Å². The molecule has 8 heteroatoms. The highest BCUT2D eigenvalue weighted by Gasteiger charge is 2.43. The third kappa shape index (κ3) is 5.17. The molecule has 0 radical (unpaired) electrons. The van der Waals surface area contributed by atoms with E-state index in [9.17, 15) is 19.5 Å². The summed E-state index contributed by atoms with van der Waals surface area (Å²) in [6, 6.07) is 15.1. The fourth-order valence-electron chi connectivity index (χ4n) is 5.38. The Morgan fingerprint density at radius 3 is 2.29 bits per heavy atom. The minimum absolute atomic E-state index is 0.0585. The predicted molar refractivity (Wildman–Crippen MR) is 130 cm³/mol. The molecule has 0 aliphatic heterocycles. The van der Waals surface area contributed by atoms with E-state index in [1.54, 1.807) is 0 Å². The summed E-state index contributed by atoms with van der Waals surface area (Å²) in [4.78, 5) is 37.4. The summed E-state index contributed by atoms with van der Waals surface area (Å²) >= 11 is 0. The fraction of sp³-hybridized carbons (Fsp3) is 0.444. The SMILES string of the molecule is COC[C@H](NC(=O)C1CCCCC1(C)NC(=O)OCC1c2ccccc2-c2ccccc21)C(=O)O. The van der Waals surface area contributed by atoms with Gasteiger partial charge in [-0.3, -0.25) is 4.79 Å². The summed E-state index contributed by atoms with van der Waals surface area (Å²) in [5.41, 5.74) is 3.70. The molecule has 1 fully saturated rings. The number of benzene rings is 2. The highest BCUT2D eigenvalue weighted by atomic mass is 16.5. The zero-order chi connectivity index (χ0) is 25.0. The maximum atomic E-state index is 13.0. The number of hydrogen-bond donors (Lipinski definition) is 3. The van der Waals surface area contributed by atoms with Crippen LogP contribution >= 0.6 is 0 Å². The summed E-state index contributed by atoms with van der Waals surface area (Å²) in [5.74, 6) is -2.20. The van der Waals surface area contributed by atoms with E-state index in [4.69, 9.17) is 9.47 Å². The van der Waals surface area contributed by atoms with Crippen LogP contribution in [-0.2, 0) is 19.1 Å². The summed E-state index contributed by atoms with van der Waals surface area (Å²) in [7, 11) is 1.38. The molecule has 2 aromatic carbocycles. The van der Waals surface area contributed by atoms with Crippen molar-refractivity contribution in [3.05, 3.63) is 59.7 Å². The van der Waals surface area contributed by atoms with Crippen molar-refractivity contribution in [2.45, 2.75) is 50.1 Å². The number of hydrogen-bond acceptors (Lipinski definition) is 5. The van der Waals surface area contributed by atoms with Crippen LogP contribution in [0.4, 0.5) is 4.79 Å². The molecule has 35 heavy (non-hydrogen) atoms. The van der Waals surface area contributed by atoms with Crippen LogP contribution in [0.15, 0.2) is 48.5 Å². The summed E-state index contributed by atoms with van der Waals surface area (Å²) in [6.45, 7) is 1.87. The smallest absolute Gasteiger partial charge is 0.407 e. The maximum Gasteiger partial charge on any atom is 0.407 e. The molecule has 0 aromatic heterocycles. The molecule has 0 bridgehead atoms. The molecule has 2 aliphatic carbocycles. The Morgan fingerprint density at radius 1 is 1.06 bits per heavy atom. The molecule has 186 valence electrons. The van der Waals surface area contributed by atoms with E-state index in [1.807, 2.05) is 31.2 Å². The first-order chi connectivity index (χ1) is 16.8. The van der Waals surface area contributed by atoms with E-state index >= 15 is 0 Å². The summed E-state index contributed by atoms with van der Waals surface area (Å²) < 4.78 is 10.6. The number of carboxylic acids is 1. The first kappa shape index (κ1) is 24.7. The molecule has 3 atom stereocenters. The van der Waals surface area contributed by atoms with Crippen molar-refractivity contribution >= 4 is 18.0 Å². The molecule has 1 saturated carbocycles. The average molecular weight is 481 g/mol. The van der Waals surface area contributed by atoms with Gasteiger partial charge in [0, 0.05) is 13.0 Å². The first-order valence-corrected chi connectivity index (χ1v) is 12.0. The quantitative estimate of drug-likeness (QED) is 0.531. The van der Waals surface area contributed by atoms with Gasteiger partial charge in [0.1, 0.15) is 6.61 Å². The number of methoxy groups -OCH3 is 1. The van der Waals surface area contributed by atoms with E-state index in [2.05, 4.69) is 34.9 Å². The van der Waals surface area contributed by atoms with Crippen LogP contribution in [0.2, 0.25) is 0 Å². The number of amides is 2. The number of nitrogens with one attached hydrogen (secondary N) is 2. The van der Waals surface area contributed by atoms with Gasteiger partial charge in [0.25, 0.3) is 0 Å². The zero-order valence-corrected chi connectivity index (χ0v) is 20.1. The van der Waals surface area contributed by atoms with Crippen molar-refractivity contribution in [2.75, 3.05) is 20.3 Å². The number of carbonyl (C=O) groups is 3. The second-order valence-electron chi connectivity index (χ2n) is 9.52. The number of rotatable bonds is 8. The van der Waals surface area contributed by atoms with Crippen LogP contribution < -0.4 is 10.6 Å². The summed E-state index contributed by atoms with van der Waals surface area (Å²) in [5, 5.41) is 14.8. The Kier molecular flexibility index (Phi) is 7.40. The van der Waals surface area contributed by atoms with Gasteiger partial charge in [-0.15, -0.1) is 0 Å². The molecule has 0 saturated heterocycles. The molecular formula is C27H32N2O6. The van der Waals surface area contributed by atoms with Gasteiger partial charge in [-0.2, -0.15) is 0 Å². The molecule has 2 aliphatic rings. The van der Waals surface area contributed by atoms with Crippen LogP contribution in [-0.4, -0.2) is 55.0 Å².